The molecule has 2 amide bonds. The highest BCUT2D eigenvalue weighted by atomic mass is 35.6. The number of alkyl halides is 6. The van der Waals surface area contributed by atoms with E-state index in [1.807, 2.05) is 0 Å². The molecule has 2 aromatic rings. The number of benzene rings is 2. The number of hydrogen-bond acceptors (Lipinski definition) is 1. The molecule has 2 rings (SSSR count). The predicted molar refractivity (Wildman–Crippen MR) is 111 cm³/mol. The molecule has 0 saturated heterocycles. The number of carbonyl (C=O) groups excluding carboxylic acids is 1. The van der Waals surface area contributed by atoms with Crippen molar-refractivity contribution in [3.8, 4) is 0 Å². The van der Waals surface area contributed by atoms with E-state index in [0.717, 1.165) is 24.3 Å². The van der Waals surface area contributed by atoms with Crippen LogP contribution in [0.15, 0.2) is 48.5 Å². The van der Waals surface area contributed by atoms with Gasteiger partial charge in [0.25, 0.3) is 0 Å². The zero-order valence-corrected chi connectivity index (χ0v) is 18.2. The van der Waals surface area contributed by atoms with Gasteiger partial charge in [0.15, 0.2) is 0 Å². The summed E-state index contributed by atoms with van der Waals surface area (Å²) in [5.41, 5.74) is 0.674. The Labute approximate surface area is 190 Å². The Kier molecular flexibility index (Phi) is 7.93. The maximum atomic E-state index is 13.2. The van der Waals surface area contributed by atoms with Gasteiger partial charge in [0, 0.05) is 0 Å². The monoisotopic (exact) mass is 508 g/mol. The summed E-state index contributed by atoms with van der Waals surface area (Å²) in [6.45, 7) is 0. The number of rotatable bonds is 4. The first-order valence-electron chi connectivity index (χ1n) is 7.59. The van der Waals surface area contributed by atoms with Crippen LogP contribution in [0.1, 0.15) is 23.2 Å². The van der Waals surface area contributed by atoms with Gasteiger partial charge in [0.05, 0.1) is 0 Å². The molecule has 0 fully saturated rings. The zero-order chi connectivity index (χ0) is 21.1. The molecule has 0 spiro atoms. The third kappa shape index (κ3) is 6.68. The molecule has 0 radical (unpaired) electrons. The highest BCUT2D eigenvalue weighted by Crippen LogP contribution is 2.41. The van der Waals surface area contributed by atoms with Crippen LogP contribution < -0.4 is 10.6 Å². The smallest absolute Gasteiger partial charge is 0.316 e. The molecule has 0 aromatic heterocycles. The SMILES string of the molecule is O=C(N[C@H](c1ccc(F)cc1)C(Cl)(Cl)Cl)N[C@H](c1ccc(F)cc1)C(Cl)(Cl)Cl. The lowest BCUT2D eigenvalue weighted by Crippen LogP contribution is -2.46. The summed E-state index contributed by atoms with van der Waals surface area (Å²) >= 11 is 35.7. The summed E-state index contributed by atoms with van der Waals surface area (Å²) in [6.07, 6.45) is 0. The first-order valence-corrected chi connectivity index (χ1v) is 9.86. The van der Waals surface area contributed by atoms with E-state index in [-0.39, 0.29) is 0 Å². The summed E-state index contributed by atoms with van der Waals surface area (Å²) in [5, 5.41) is 4.92. The summed E-state index contributed by atoms with van der Waals surface area (Å²) < 4.78 is 22.4. The Bertz CT molecular complexity index is 739. The van der Waals surface area contributed by atoms with Crippen molar-refractivity contribution in [1.82, 2.24) is 10.6 Å². The molecule has 2 aromatic carbocycles. The van der Waals surface area contributed by atoms with Crippen LogP contribution in [-0.4, -0.2) is 13.6 Å². The van der Waals surface area contributed by atoms with Crippen molar-refractivity contribution < 1.29 is 13.6 Å². The van der Waals surface area contributed by atoms with E-state index in [1.165, 1.54) is 24.3 Å². The van der Waals surface area contributed by atoms with Crippen molar-refractivity contribution in [2.75, 3.05) is 0 Å². The molecule has 0 aliphatic carbocycles. The minimum atomic E-state index is -1.96. The highest BCUT2D eigenvalue weighted by molar-refractivity contribution is 6.68. The fourth-order valence-electron chi connectivity index (χ4n) is 2.32. The van der Waals surface area contributed by atoms with Gasteiger partial charge < -0.3 is 10.6 Å². The Morgan fingerprint density at radius 2 is 0.964 bits per heavy atom. The zero-order valence-electron chi connectivity index (χ0n) is 13.7. The maximum Gasteiger partial charge on any atom is 0.316 e. The lowest BCUT2D eigenvalue weighted by molar-refractivity contribution is 0.233. The van der Waals surface area contributed by atoms with E-state index in [2.05, 4.69) is 10.6 Å². The van der Waals surface area contributed by atoms with Crippen molar-refractivity contribution in [2.24, 2.45) is 0 Å². The second-order valence-electron chi connectivity index (χ2n) is 5.67. The van der Waals surface area contributed by atoms with Crippen LogP contribution in [0.2, 0.25) is 0 Å². The Morgan fingerprint density at radius 3 is 1.21 bits per heavy atom. The van der Waals surface area contributed by atoms with E-state index >= 15 is 0 Å². The summed E-state index contributed by atoms with van der Waals surface area (Å²) in [5.74, 6) is -0.993. The maximum absolute atomic E-state index is 13.2. The van der Waals surface area contributed by atoms with Crippen molar-refractivity contribution in [3.63, 3.8) is 0 Å². The standard InChI is InChI=1S/C17H12Cl6F2N2O/c18-16(19,20)13(9-1-5-11(24)6-2-9)26-15(28)27-14(17(21,22)23)10-3-7-12(25)8-4-10/h1-8,13-14H,(H2,26,27,28)/t13-,14-/m1/s1. The third-order valence-electron chi connectivity index (χ3n) is 3.61. The van der Waals surface area contributed by atoms with Gasteiger partial charge in [-0.2, -0.15) is 0 Å². The first-order chi connectivity index (χ1) is 12.9. The molecule has 0 aliphatic rings. The molecule has 0 heterocycles. The quantitative estimate of drug-likeness (QED) is 0.437. The average Bonchev–Trinajstić information content (AvgIpc) is 2.58. The van der Waals surface area contributed by atoms with Gasteiger partial charge in [-0.25, -0.2) is 13.6 Å². The average molecular weight is 511 g/mol. The number of amides is 2. The van der Waals surface area contributed by atoms with Crippen LogP contribution in [0, 0.1) is 11.6 Å². The molecule has 2 atom stereocenters. The minimum Gasteiger partial charge on any atom is -0.327 e. The van der Waals surface area contributed by atoms with E-state index < -0.39 is 37.3 Å². The van der Waals surface area contributed by atoms with E-state index in [1.54, 1.807) is 0 Å². The number of urea groups is 1. The second-order valence-corrected chi connectivity index (χ2v) is 10.4. The van der Waals surface area contributed by atoms with Gasteiger partial charge >= 0.3 is 6.03 Å². The van der Waals surface area contributed by atoms with Crippen molar-refractivity contribution in [2.45, 2.75) is 19.7 Å². The third-order valence-corrected chi connectivity index (χ3v) is 4.92. The molecule has 0 bridgehead atoms. The van der Waals surface area contributed by atoms with Gasteiger partial charge in [0.2, 0.25) is 7.59 Å². The van der Waals surface area contributed by atoms with Crippen LogP contribution in [0.25, 0.3) is 0 Å². The molecule has 152 valence electrons. The van der Waals surface area contributed by atoms with Crippen LogP contribution >= 0.6 is 69.6 Å². The molecule has 3 nitrogen and oxygen atoms in total. The minimum absolute atomic E-state index is 0.337. The van der Waals surface area contributed by atoms with Crippen molar-refractivity contribution in [3.05, 3.63) is 71.3 Å². The van der Waals surface area contributed by atoms with Crippen LogP contribution in [0.4, 0.5) is 13.6 Å². The topological polar surface area (TPSA) is 41.1 Å². The summed E-state index contributed by atoms with van der Waals surface area (Å²) in [7, 11) is 0. The molecule has 28 heavy (non-hydrogen) atoms. The lowest BCUT2D eigenvalue weighted by atomic mass is 10.1. The van der Waals surface area contributed by atoms with Gasteiger partial charge in [-0.05, 0) is 35.4 Å². The number of nitrogens with one attached hydrogen (secondary N) is 2. The number of hydrogen-bond donors (Lipinski definition) is 2. The van der Waals surface area contributed by atoms with Crippen LogP contribution in [0.3, 0.4) is 0 Å². The summed E-state index contributed by atoms with van der Waals surface area (Å²) in [4.78, 5) is 12.5. The molecule has 0 aliphatic heterocycles. The van der Waals surface area contributed by atoms with E-state index in [4.69, 9.17) is 69.6 Å². The van der Waals surface area contributed by atoms with Crippen LogP contribution in [0.5, 0.6) is 0 Å². The Hall–Kier alpha value is -0.690. The summed E-state index contributed by atoms with van der Waals surface area (Å²) in [6, 6.07) is 6.93. The first kappa shape index (κ1) is 23.6. The molecular weight excluding hydrogens is 499 g/mol. The number of carbonyl (C=O) groups is 1. The van der Waals surface area contributed by atoms with Gasteiger partial charge in [-0.1, -0.05) is 93.9 Å². The molecule has 11 heteroatoms. The largest absolute Gasteiger partial charge is 0.327 e. The van der Waals surface area contributed by atoms with E-state index in [0.29, 0.717) is 11.1 Å². The fourth-order valence-corrected chi connectivity index (χ4v) is 3.41. The second kappa shape index (κ2) is 9.41. The van der Waals surface area contributed by atoms with Gasteiger partial charge in [0.1, 0.15) is 23.7 Å². The van der Waals surface area contributed by atoms with Crippen LogP contribution in [-0.2, 0) is 0 Å². The Balaban J connectivity index is 2.23. The fraction of sp³-hybridized carbons (Fsp3) is 0.235. The predicted octanol–water partition coefficient (Wildman–Crippen LogP) is 6.79. The lowest BCUT2D eigenvalue weighted by Gasteiger charge is -2.30. The molecule has 2 N–H and O–H groups in total. The highest BCUT2D eigenvalue weighted by Gasteiger charge is 2.38. The van der Waals surface area contributed by atoms with Crippen molar-refractivity contribution >= 4 is 75.6 Å². The van der Waals surface area contributed by atoms with Gasteiger partial charge in [-0.15, -0.1) is 0 Å². The normalized spacial score (nSPS) is 14.3. The van der Waals surface area contributed by atoms with Gasteiger partial charge in [-0.3, -0.25) is 0 Å². The van der Waals surface area contributed by atoms with E-state index in [9.17, 15) is 13.6 Å². The number of halogens is 8. The molecule has 0 saturated carbocycles. The van der Waals surface area contributed by atoms with Crippen molar-refractivity contribution in [1.29, 1.82) is 0 Å². The Morgan fingerprint density at radius 1 is 0.679 bits per heavy atom. The molecular formula is C17H12Cl6F2N2O. The molecule has 0 unspecified atom stereocenters.